The summed E-state index contributed by atoms with van der Waals surface area (Å²) in [5, 5.41) is 0. The largest absolute Gasteiger partial charge is 0.497 e. The number of nitrogens with zero attached hydrogens (tertiary/aromatic N) is 3. The molecule has 0 aliphatic carbocycles. The minimum absolute atomic E-state index is 0.0425. The molecule has 4 rings (SSSR count). The molecule has 1 aromatic carbocycles. The molecule has 3 aliphatic heterocycles. The molecule has 1 aromatic rings. The zero-order valence-corrected chi connectivity index (χ0v) is 15.2. The second kappa shape index (κ2) is 6.28. The summed E-state index contributed by atoms with van der Waals surface area (Å²) in [7, 11) is -1.76. The highest BCUT2D eigenvalue weighted by Gasteiger charge is 2.28. The third kappa shape index (κ3) is 3.12. The van der Waals surface area contributed by atoms with Crippen LogP contribution in [0.3, 0.4) is 0 Å². The number of rotatable bonds is 2. The van der Waals surface area contributed by atoms with Crippen LogP contribution >= 0.6 is 0 Å². The zero-order valence-electron chi connectivity index (χ0n) is 14.4. The van der Waals surface area contributed by atoms with Gasteiger partial charge in [-0.2, -0.15) is 0 Å². The molecule has 0 saturated carbocycles. The van der Waals surface area contributed by atoms with Gasteiger partial charge in [0.1, 0.15) is 11.6 Å². The van der Waals surface area contributed by atoms with Crippen molar-refractivity contribution in [3.05, 3.63) is 53.3 Å². The highest BCUT2D eigenvalue weighted by atomic mass is 32.2. The second-order valence-corrected chi connectivity index (χ2v) is 8.21. The number of hydrogen-bond donors (Lipinski definition) is 0. The molecule has 0 unspecified atom stereocenters. The van der Waals surface area contributed by atoms with Crippen molar-refractivity contribution in [1.29, 1.82) is 0 Å². The third-order valence-corrected chi connectivity index (χ3v) is 5.95. The first-order valence-electron chi connectivity index (χ1n) is 8.39. The fourth-order valence-corrected chi connectivity index (χ4v) is 4.31. The number of amides is 1. The van der Waals surface area contributed by atoms with Crippen LogP contribution in [0.25, 0.3) is 0 Å². The molecule has 0 radical (unpaired) electrons. The van der Waals surface area contributed by atoms with E-state index in [2.05, 4.69) is 4.40 Å². The molecule has 3 heterocycles. The van der Waals surface area contributed by atoms with Crippen molar-refractivity contribution in [2.75, 3.05) is 26.0 Å². The predicted octanol–water partition coefficient (Wildman–Crippen LogP) is 1.08. The minimum atomic E-state index is -3.39. The van der Waals surface area contributed by atoms with Gasteiger partial charge in [-0.25, -0.2) is 8.42 Å². The Morgan fingerprint density at radius 2 is 2.04 bits per heavy atom. The molecule has 0 fully saturated rings. The molecular weight excluding hydrogens is 354 g/mol. The Bertz CT molecular complexity index is 963. The summed E-state index contributed by atoms with van der Waals surface area (Å²) in [5.74, 6) is 1.04. The fraction of sp³-hybridized carbons (Fsp3) is 0.333. The van der Waals surface area contributed by atoms with Gasteiger partial charge in [-0.05, 0) is 41.8 Å². The van der Waals surface area contributed by atoms with E-state index in [1.807, 2.05) is 18.2 Å². The zero-order chi connectivity index (χ0) is 18.3. The van der Waals surface area contributed by atoms with Crippen molar-refractivity contribution in [3.63, 3.8) is 0 Å². The van der Waals surface area contributed by atoms with Crippen LogP contribution in [0, 0.1) is 0 Å². The molecule has 7 nitrogen and oxygen atoms in total. The number of sulfonamides is 1. The van der Waals surface area contributed by atoms with Gasteiger partial charge in [0.25, 0.3) is 15.9 Å². The van der Waals surface area contributed by atoms with Gasteiger partial charge in [-0.1, -0.05) is 6.07 Å². The van der Waals surface area contributed by atoms with Crippen LogP contribution in [0.4, 0.5) is 0 Å². The lowest BCUT2D eigenvalue weighted by atomic mass is 9.98. The van der Waals surface area contributed by atoms with E-state index in [4.69, 9.17) is 4.74 Å². The Hall–Kier alpha value is -2.61. The number of methoxy groups -OCH3 is 1. The van der Waals surface area contributed by atoms with Crippen molar-refractivity contribution >= 4 is 21.8 Å². The maximum absolute atomic E-state index is 12.9. The highest BCUT2D eigenvalue weighted by molar-refractivity contribution is 7.90. The number of amidine groups is 1. The summed E-state index contributed by atoms with van der Waals surface area (Å²) in [6, 6.07) is 5.96. The van der Waals surface area contributed by atoms with Crippen molar-refractivity contribution in [1.82, 2.24) is 9.80 Å². The summed E-state index contributed by atoms with van der Waals surface area (Å²) < 4.78 is 32.2. The Morgan fingerprint density at radius 1 is 1.19 bits per heavy atom. The fourth-order valence-electron chi connectivity index (χ4n) is 3.34. The molecule has 0 N–H and O–H groups in total. The molecule has 0 saturated heterocycles. The average molecular weight is 373 g/mol. The number of fused-ring (bicyclic) bond motifs is 2. The Kier molecular flexibility index (Phi) is 4.07. The lowest BCUT2D eigenvalue weighted by Gasteiger charge is -2.32. The van der Waals surface area contributed by atoms with Gasteiger partial charge < -0.3 is 14.5 Å². The number of carbonyl (C=O) groups is 1. The standard InChI is InChI=1S/C18H19N3O4S/c1-25-16-4-2-13-6-7-21(12-15(13)10-16)18(22)14-3-5-17-19-26(23,24)9-8-20(17)11-14/h2-5,10-11H,6-9,12H2,1H3. The summed E-state index contributed by atoms with van der Waals surface area (Å²) in [5.41, 5.74) is 2.86. The number of hydrogen-bond acceptors (Lipinski definition) is 5. The molecular formula is C18H19N3O4S. The monoisotopic (exact) mass is 373 g/mol. The van der Waals surface area contributed by atoms with E-state index < -0.39 is 10.0 Å². The van der Waals surface area contributed by atoms with Crippen molar-refractivity contribution in [2.24, 2.45) is 4.40 Å². The van der Waals surface area contributed by atoms with E-state index in [0.717, 1.165) is 17.7 Å². The Morgan fingerprint density at radius 3 is 2.85 bits per heavy atom. The van der Waals surface area contributed by atoms with E-state index in [-0.39, 0.29) is 11.7 Å². The first kappa shape index (κ1) is 16.8. The Labute approximate surface area is 152 Å². The van der Waals surface area contributed by atoms with Crippen LogP contribution in [0.1, 0.15) is 11.1 Å². The first-order chi connectivity index (χ1) is 12.4. The molecule has 8 heteroatoms. The van der Waals surface area contributed by atoms with Crippen LogP contribution in [-0.2, 0) is 27.8 Å². The van der Waals surface area contributed by atoms with Crippen molar-refractivity contribution in [3.8, 4) is 5.75 Å². The van der Waals surface area contributed by atoms with Crippen LogP contribution in [-0.4, -0.2) is 55.9 Å². The third-order valence-electron chi connectivity index (χ3n) is 4.78. The number of ether oxygens (including phenoxy) is 1. The van der Waals surface area contributed by atoms with Gasteiger partial charge in [-0.3, -0.25) is 4.79 Å². The van der Waals surface area contributed by atoms with Gasteiger partial charge in [0.05, 0.1) is 18.4 Å². The summed E-state index contributed by atoms with van der Waals surface area (Å²) in [4.78, 5) is 16.4. The van der Waals surface area contributed by atoms with Gasteiger partial charge >= 0.3 is 0 Å². The van der Waals surface area contributed by atoms with Gasteiger partial charge in [0, 0.05) is 25.8 Å². The van der Waals surface area contributed by atoms with Gasteiger partial charge in [0.15, 0.2) is 0 Å². The van der Waals surface area contributed by atoms with Crippen molar-refractivity contribution < 1.29 is 17.9 Å². The quantitative estimate of drug-likeness (QED) is 0.775. The number of carbonyl (C=O) groups excluding carboxylic acids is 1. The Balaban J connectivity index is 1.54. The molecule has 0 bridgehead atoms. The maximum atomic E-state index is 12.9. The number of benzene rings is 1. The molecule has 3 aliphatic rings. The highest BCUT2D eigenvalue weighted by Crippen LogP contribution is 2.25. The second-order valence-electron chi connectivity index (χ2n) is 6.46. The van der Waals surface area contributed by atoms with Crippen molar-refractivity contribution in [2.45, 2.75) is 13.0 Å². The summed E-state index contributed by atoms with van der Waals surface area (Å²) >= 11 is 0. The maximum Gasteiger partial charge on any atom is 0.256 e. The van der Waals surface area contributed by atoms with Gasteiger partial charge in [0.2, 0.25) is 0 Å². The van der Waals surface area contributed by atoms with Crippen LogP contribution < -0.4 is 4.74 Å². The average Bonchev–Trinajstić information content (AvgIpc) is 2.65. The smallest absolute Gasteiger partial charge is 0.256 e. The van der Waals surface area contributed by atoms with E-state index in [1.165, 1.54) is 5.56 Å². The molecule has 0 spiro atoms. The molecule has 0 aromatic heterocycles. The minimum Gasteiger partial charge on any atom is -0.497 e. The van der Waals surface area contributed by atoms with E-state index in [1.54, 1.807) is 35.3 Å². The molecule has 26 heavy (non-hydrogen) atoms. The first-order valence-corrected chi connectivity index (χ1v) is 10.0. The van der Waals surface area contributed by atoms with Crippen LogP contribution in [0.15, 0.2) is 46.5 Å². The molecule has 1 amide bonds. The summed E-state index contributed by atoms with van der Waals surface area (Å²) in [6.07, 6.45) is 5.72. The van der Waals surface area contributed by atoms with Crippen LogP contribution in [0.5, 0.6) is 5.75 Å². The predicted molar refractivity (Wildman–Crippen MR) is 97.3 cm³/mol. The lowest BCUT2D eigenvalue weighted by Crippen LogP contribution is -2.40. The van der Waals surface area contributed by atoms with Gasteiger partial charge in [-0.15, -0.1) is 4.40 Å². The van der Waals surface area contributed by atoms with E-state index in [0.29, 0.717) is 31.0 Å². The van der Waals surface area contributed by atoms with E-state index >= 15 is 0 Å². The SMILES string of the molecule is COc1ccc2c(c1)CN(C(=O)C1=CN3CCS(=O)(=O)N=C3C=C1)CC2. The topological polar surface area (TPSA) is 79.3 Å². The summed E-state index contributed by atoms with van der Waals surface area (Å²) in [6.45, 7) is 1.49. The normalized spacial score (nSPS) is 20.7. The molecule has 0 atom stereocenters. The molecule has 136 valence electrons. The lowest BCUT2D eigenvalue weighted by molar-refractivity contribution is -0.127. The van der Waals surface area contributed by atoms with Crippen LogP contribution in [0.2, 0.25) is 0 Å². The van der Waals surface area contributed by atoms with E-state index in [9.17, 15) is 13.2 Å².